The first-order valence-corrected chi connectivity index (χ1v) is 12.8. The lowest BCUT2D eigenvalue weighted by molar-refractivity contribution is -0.665. The number of fused-ring (bicyclic) bond motifs is 2. The number of hydrogen-bond donors (Lipinski definition) is 2. The van der Waals surface area contributed by atoms with E-state index in [-0.39, 0.29) is 0 Å². The summed E-state index contributed by atoms with van der Waals surface area (Å²) in [6, 6.07) is 12.0. The summed E-state index contributed by atoms with van der Waals surface area (Å²) in [6.45, 7) is 5.88. The average molecular weight is 506 g/mol. The summed E-state index contributed by atoms with van der Waals surface area (Å²) in [5, 5.41) is 20.0. The van der Waals surface area contributed by atoms with E-state index in [0.29, 0.717) is 0 Å². The van der Waals surface area contributed by atoms with Crippen molar-refractivity contribution in [3.63, 3.8) is 0 Å². The van der Waals surface area contributed by atoms with Gasteiger partial charge in [-0.2, -0.15) is 4.57 Å². The van der Waals surface area contributed by atoms with Gasteiger partial charge >= 0.3 is 11.9 Å². The first-order chi connectivity index (χ1) is 16.9. The molecule has 3 aromatic rings. The fraction of sp³-hybridized carbons (Fsp3) is 0.148. The van der Waals surface area contributed by atoms with Gasteiger partial charge in [0.05, 0.1) is 10.7 Å². The summed E-state index contributed by atoms with van der Waals surface area (Å²) in [5.74, 6) is -1.92. The molecule has 0 saturated carbocycles. The van der Waals surface area contributed by atoms with E-state index >= 15 is 0 Å². The molecule has 0 atom stereocenters. The zero-order valence-corrected chi connectivity index (χ0v) is 21.0. The molecular formula is C27H25N2O4S2+. The number of nitrogens with zero attached hydrogens (tertiary/aromatic N) is 2. The maximum absolute atomic E-state index is 10.8. The van der Waals surface area contributed by atoms with E-state index in [1.54, 1.807) is 35.3 Å². The van der Waals surface area contributed by atoms with Crippen molar-refractivity contribution in [3.8, 4) is 0 Å². The molecule has 0 saturated heterocycles. The van der Waals surface area contributed by atoms with Crippen LogP contribution in [-0.2, 0) is 16.1 Å². The highest BCUT2D eigenvalue weighted by Gasteiger charge is 2.23. The molecule has 0 bridgehead atoms. The van der Waals surface area contributed by atoms with Crippen molar-refractivity contribution < 1.29 is 24.4 Å². The Labute approximate surface area is 211 Å². The Morgan fingerprint density at radius 3 is 2.31 bits per heavy atom. The maximum atomic E-state index is 10.8. The van der Waals surface area contributed by atoms with Crippen molar-refractivity contribution in [1.29, 1.82) is 0 Å². The van der Waals surface area contributed by atoms with Gasteiger partial charge in [-0.25, -0.2) is 9.59 Å². The fourth-order valence-corrected chi connectivity index (χ4v) is 6.27. The maximum Gasteiger partial charge on any atom is 0.328 e. The minimum Gasteiger partial charge on any atom is -0.478 e. The summed E-state index contributed by atoms with van der Waals surface area (Å²) >= 11 is 3.35. The Morgan fingerprint density at radius 2 is 1.66 bits per heavy atom. The van der Waals surface area contributed by atoms with Crippen molar-refractivity contribution in [3.05, 3.63) is 81.9 Å². The normalized spacial score (nSPS) is 14.8. The summed E-state index contributed by atoms with van der Waals surface area (Å²) < 4.78 is 3.35. The van der Waals surface area contributed by atoms with Crippen molar-refractivity contribution in [2.45, 2.75) is 25.3 Å². The predicted molar refractivity (Wildman–Crippen MR) is 143 cm³/mol. The summed E-state index contributed by atoms with van der Waals surface area (Å²) in [5.41, 5.74) is 3.96. The molecule has 4 rings (SSSR count). The van der Waals surface area contributed by atoms with Crippen LogP contribution < -0.4 is 9.47 Å². The van der Waals surface area contributed by atoms with E-state index in [1.807, 2.05) is 36.4 Å². The van der Waals surface area contributed by atoms with Crippen LogP contribution in [0.25, 0.3) is 28.4 Å². The molecule has 6 nitrogen and oxygen atoms in total. The molecule has 0 radical (unpaired) electrons. The smallest absolute Gasteiger partial charge is 0.328 e. The van der Waals surface area contributed by atoms with Crippen LogP contribution in [0.2, 0.25) is 0 Å². The summed E-state index contributed by atoms with van der Waals surface area (Å²) in [7, 11) is 0. The number of thioether (sulfide) groups is 1. The second kappa shape index (κ2) is 10.8. The Morgan fingerprint density at radius 1 is 0.971 bits per heavy atom. The minimum atomic E-state index is -0.961. The molecular weight excluding hydrogens is 480 g/mol. The lowest BCUT2D eigenvalue weighted by Crippen LogP contribution is -2.33. The van der Waals surface area contributed by atoms with Crippen LogP contribution in [0.15, 0.2) is 70.6 Å². The number of benzene rings is 2. The van der Waals surface area contributed by atoms with Gasteiger partial charge in [-0.1, -0.05) is 35.2 Å². The van der Waals surface area contributed by atoms with Gasteiger partial charge in [0.2, 0.25) is 5.52 Å². The fourth-order valence-electron chi connectivity index (χ4n) is 3.90. The Kier molecular flexibility index (Phi) is 7.53. The number of thiazole rings is 1. The van der Waals surface area contributed by atoms with E-state index in [1.165, 1.54) is 0 Å². The van der Waals surface area contributed by atoms with Gasteiger partial charge in [0.15, 0.2) is 0 Å². The van der Waals surface area contributed by atoms with Crippen LogP contribution in [0.5, 0.6) is 0 Å². The van der Waals surface area contributed by atoms with Crippen LogP contribution in [0.1, 0.15) is 30.0 Å². The van der Waals surface area contributed by atoms with E-state index in [9.17, 15) is 9.59 Å². The second-order valence-electron chi connectivity index (χ2n) is 7.69. The zero-order valence-electron chi connectivity index (χ0n) is 19.3. The molecule has 2 heterocycles. The monoisotopic (exact) mass is 505 g/mol. The summed E-state index contributed by atoms with van der Waals surface area (Å²) in [4.78, 5) is 25.0. The molecule has 1 aliphatic heterocycles. The van der Waals surface area contributed by atoms with Gasteiger partial charge < -0.3 is 15.1 Å². The third kappa shape index (κ3) is 5.55. The number of hydrogen-bond acceptors (Lipinski definition) is 5. The number of allylic oxidation sites excluding steroid dienone is 2. The van der Waals surface area contributed by atoms with Gasteiger partial charge in [0.1, 0.15) is 11.2 Å². The molecule has 8 heteroatoms. The standard InChI is InChI=1S/C27H24N2O4S2/c1-3-28-20-12-8-18(10-14-26(30)31)16-22(20)34-24(28)6-5-7-25-29(4-2)21-13-9-19(11-15-27(32)33)17-23(21)35-25/h5-17H,3-4H2,1-2H3,(H-,30,31,32,33)/p+1. The average Bonchev–Trinajstić information content (AvgIpc) is 3.37. The number of carbonyl (C=O) groups is 2. The van der Waals surface area contributed by atoms with Crippen LogP contribution in [0.3, 0.4) is 0 Å². The molecule has 0 amide bonds. The van der Waals surface area contributed by atoms with Crippen LogP contribution in [0.4, 0.5) is 5.69 Å². The Bertz CT molecular complexity index is 1420. The quantitative estimate of drug-likeness (QED) is 0.293. The largest absolute Gasteiger partial charge is 0.478 e. The Hall–Kier alpha value is -3.62. The van der Waals surface area contributed by atoms with Gasteiger partial charge in [0.25, 0.3) is 5.01 Å². The number of aryl methyl sites for hydroxylation is 1. The van der Waals surface area contributed by atoms with Gasteiger partial charge in [-0.3, -0.25) is 0 Å². The molecule has 0 unspecified atom stereocenters. The first kappa shape index (κ1) is 24.5. The van der Waals surface area contributed by atoms with Gasteiger partial charge in [0, 0.05) is 35.7 Å². The first-order valence-electron chi connectivity index (χ1n) is 11.2. The highest BCUT2D eigenvalue weighted by molar-refractivity contribution is 8.03. The minimum absolute atomic E-state index is 0.828. The van der Waals surface area contributed by atoms with Crippen molar-refractivity contribution in [2.24, 2.45) is 0 Å². The molecule has 1 aliphatic rings. The highest BCUT2D eigenvalue weighted by Crippen LogP contribution is 2.46. The third-order valence-corrected chi connectivity index (χ3v) is 7.68. The SMILES string of the molecule is CCN1C(=CC=Cc2sc3cc(C=CC(=O)O)ccc3[n+]2CC)Sc2cc(C=CC(=O)O)ccc21. The lowest BCUT2D eigenvalue weighted by atomic mass is 10.2. The number of anilines is 1. The predicted octanol–water partition coefficient (Wildman–Crippen LogP) is 5.89. The molecule has 1 aromatic heterocycles. The highest BCUT2D eigenvalue weighted by atomic mass is 32.2. The lowest BCUT2D eigenvalue weighted by Gasteiger charge is -2.17. The van der Waals surface area contributed by atoms with Crippen LogP contribution in [-0.4, -0.2) is 28.7 Å². The van der Waals surface area contributed by atoms with Crippen LogP contribution >= 0.6 is 23.1 Å². The van der Waals surface area contributed by atoms with Gasteiger partial charge in [-0.05, 0) is 67.5 Å². The molecule has 35 heavy (non-hydrogen) atoms. The van der Waals surface area contributed by atoms with E-state index < -0.39 is 11.9 Å². The number of aromatic nitrogens is 1. The van der Waals surface area contributed by atoms with Crippen LogP contribution in [0, 0.1) is 0 Å². The molecule has 0 spiro atoms. The molecule has 0 aliphatic carbocycles. The summed E-state index contributed by atoms with van der Waals surface area (Å²) in [6.07, 6.45) is 11.8. The van der Waals surface area contributed by atoms with Gasteiger partial charge in [-0.15, -0.1) is 0 Å². The van der Waals surface area contributed by atoms with Crippen molar-refractivity contribution in [1.82, 2.24) is 0 Å². The second-order valence-corrected chi connectivity index (χ2v) is 9.82. The van der Waals surface area contributed by atoms with Crippen molar-refractivity contribution >= 4 is 69.2 Å². The van der Waals surface area contributed by atoms with Crippen molar-refractivity contribution in [2.75, 3.05) is 11.4 Å². The van der Waals surface area contributed by atoms with E-state index in [4.69, 9.17) is 10.2 Å². The number of carboxylic acid groups (broad SMARTS) is 2. The number of carboxylic acids is 2. The topological polar surface area (TPSA) is 81.7 Å². The zero-order chi connectivity index (χ0) is 24.9. The van der Waals surface area contributed by atoms with E-state index in [2.05, 4.69) is 41.5 Å². The number of rotatable bonds is 8. The molecule has 0 fully saturated rings. The third-order valence-electron chi connectivity index (χ3n) is 5.46. The van der Waals surface area contributed by atoms with E-state index in [0.717, 1.165) is 67.2 Å². The molecule has 2 aromatic carbocycles. The Balaban J connectivity index is 1.59. The molecule has 2 N–H and O–H groups in total. The molecule has 178 valence electrons. The number of aliphatic carboxylic acids is 2.